The van der Waals surface area contributed by atoms with Crippen molar-refractivity contribution in [3.8, 4) is 0 Å². The Morgan fingerprint density at radius 2 is 1.85 bits per heavy atom. The van der Waals surface area contributed by atoms with Gasteiger partial charge in [0.05, 0.1) is 24.7 Å². The van der Waals surface area contributed by atoms with Gasteiger partial charge >= 0.3 is 0 Å². The number of hydrogen-bond acceptors (Lipinski definition) is 5. The third-order valence-corrected chi connectivity index (χ3v) is 5.41. The summed E-state index contributed by atoms with van der Waals surface area (Å²) in [7, 11) is 0. The third-order valence-electron chi connectivity index (χ3n) is 5.41. The molecule has 26 heavy (non-hydrogen) atoms. The van der Waals surface area contributed by atoms with Crippen molar-refractivity contribution in [2.24, 2.45) is 0 Å². The monoisotopic (exact) mass is 361 g/mol. The van der Waals surface area contributed by atoms with Crippen LogP contribution in [0.1, 0.15) is 64.3 Å². The molecule has 0 aliphatic carbocycles. The largest absolute Gasteiger partial charge is 0.361 e. The van der Waals surface area contributed by atoms with Crippen LogP contribution in [0.4, 0.5) is 0 Å². The number of nitrogens with zero attached hydrogens (tertiary/aromatic N) is 3. The summed E-state index contributed by atoms with van der Waals surface area (Å²) in [6, 6.07) is 1.56. The van der Waals surface area contributed by atoms with Crippen molar-refractivity contribution < 1.29 is 14.1 Å². The number of hydrogen-bond donors (Lipinski definition) is 0. The average molecular weight is 361 g/mol. The van der Waals surface area contributed by atoms with Gasteiger partial charge in [0.25, 0.3) is 0 Å². The van der Waals surface area contributed by atoms with E-state index in [1.165, 1.54) is 0 Å². The van der Waals surface area contributed by atoms with Crippen molar-refractivity contribution >= 4 is 11.7 Å². The molecule has 144 valence electrons. The van der Waals surface area contributed by atoms with E-state index in [2.05, 4.69) is 30.8 Å². The van der Waals surface area contributed by atoms with Gasteiger partial charge in [0.2, 0.25) is 5.91 Å². The smallest absolute Gasteiger partial charge is 0.237 e. The number of carbonyl (C=O) groups is 2. The maximum Gasteiger partial charge on any atom is 0.237 e. The SMILES string of the molecule is CC(C)(C)c1cc(CC(=O)[C@@H]2CCCCN2C(=O)CN2CCCC2)no1. The Labute approximate surface area is 155 Å². The molecule has 1 amide bonds. The summed E-state index contributed by atoms with van der Waals surface area (Å²) in [5, 5.41) is 4.06. The summed E-state index contributed by atoms with van der Waals surface area (Å²) in [6.45, 7) is 9.29. The Morgan fingerprint density at radius 3 is 2.50 bits per heavy atom. The molecule has 2 saturated heterocycles. The first-order chi connectivity index (χ1) is 12.3. The molecule has 2 aliphatic heterocycles. The number of likely N-dealkylation sites (tertiary alicyclic amines) is 2. The minimum Gasteiger partial charge on any atom is -0.361 e. The zero-order valence-corrected chi connectivity index (χ0v) is 16.3. The summed E-state index contributed by atoms with van der Waals surface area (Å²) < 4.78 is 5.39. The number of carbonyl (C=O) groups excluding carboxylic acids is 2. The maximum atomic E-state index is 12.9. The van der Waals surface area contributed by atoms with Gasteiger partial charge in [-0.2, -0.15) is 0 Å². The second-order valence-corrected chi connectivity index (χ2v) is 8.66. The fourth-order valence-corrected chi connectivity index (χ4v) is 3.83. The van der Waals surface area contributed by atoms with Crippen LogP contribution in [0, 0.1) is 0 Å². The van der Waals surface area contributed by atoms with E-state index in [-0.39, 0.29) is 29.6 Å². The second kappa shape index (κ2) is 7.91. The first kappa shape index (κ1) is 19.1. The summed E-state index contributed by atoms with van der Waals surface area (Å²) in [4.78, 5) is 29.7. The van der Waals surface area contributed by atoms with Crippen molar-refractivity contribution in [2.75, 3.05) is 26.2 Å². The van der Waals surface area contributed by atoms with Crippen molar-refractivity contribution in [1.82, 2.24) is 15.0 Å². The number of piperidine rings is 1. The Morgan fingerprint density at radius 1 is 1.15 bits per heavy atom. The van der Waals surface area contributed by atoms with E-state index in [0.29, 0.717) is 18.8 Å². The van der Waals surface area contributed by atoms with Crippen LogP contribution in [0.3, 0.4) is 0 Å². The first-order valence-electron chi connectivity index (χ1n) is 9.85. The quantitative estimate of drug-likeness (QED) is 0.806. The van der Waals surface area contributed by atoms with Gasteiger partial charge in [-0.15, -0.1) is 0 Å². The molecule has 0 radical (unpaired) electrons. The van der Waals surface area contributed by atoms with E-state index in [4.69, 9.17) is 4.52 Å². The third kappa shape index (κ3) is 4.53. The van der Waals surface area contributed by atoms with Crippen LogP contribution in [0.15, 0.2) is 10.6 Å². The summed E-state index contributed by atoms with van der Waals surface area (Å²) in [5.74, 6) is 0.958. The molecule has 2 fully saturated rings. The number of Topliss-reactive ketones (excluding diaryl/α,β-unsaturated/α-hetero) is 1. The Bertz CT molecular complexity index is 641. The normalized spacial score (nSPS) is 22.0. The van der Waals surface area contributed by atoms with Crippen LogP contribution in [0.2, 0.25) is 0 Å². The first-order valence-corrected chi connectivity index (χ1v) is 9.85. The van der Waals surface area contributed by atoms with Gasteiger partial charge in [0.1, 0.15) is 5.76 Å². The molecule has 1 aromatic rings. The number of aromatic nitrogens is 1. The molecule has 3 heterocycles. The molecule has 0 bridgehead atoms. The average Bonchev–Trinajstić information content (AvgIpc) is 3.26. The van der Waals surface area contributed by atoms with Crippen LogP contribution < -0.4 is 0 Å². The van der Waals surface area contributed by atoms with Gasteiger partial charge in [0, 0.05) is 18.0 Å². The number of rotatable bonds is 5. The van der Waals surface area contributed by atoms with Crippen LogP contribution in [0.25, 0.3) is 0 Å². The molecule has 0 saturated carbocycles. The van der Waals surface area contributed by atoms with E-state index in [1.54, 1.807) is 0 Å². The molecule has 0 spiro atoms. The number of amides is 1. The Balaban J connectivity index is 1.63. The van der Waals surface area contributed by atoms with Crippen molar-refractivity contribution in [1.29, 1.82) is 0 Å². The molecule has 2 aliphatic rings. The van der Waals surface area contributed by atoms with Crippen molar-refractivity contribution in [3.63, 3.8) is 0 Å². The van der Waals surface area contributed by atoms with Gasteiger partial charge in [0.15, 0.2) is 5.78 Å². The molecular weight excluding hydrogens is 330 g/mol. The fraction of sp³-hybridized carbons (Fsp3) is 0.750. The lowest BCUT2D eigenvalue weighted by Gasteiger charge is -2.35. The van der Waals surface area contributed by atoms with Gasteiger partial charge in [-0.05, 0) is 45.2 Å². The molecule has 6 nitrogen and oxygen atoms in total. The van der Waals surface area contributed by atoms with Gasteiger partial charge in [-0.1, -0.05) is 25.9 Å². The summed E-state index contributed by atoms with van der Waals surface area (Å²) in [5.41, 5.74) is 0.536. The molecular formula is C20H31N3O3. The van der Waals surface area contributed by atoms with Crippen LogP contribution in [0.5, 0.6) is 0 Å². The topological polar surface area (TPSA) is 66.7 Å². The molecule has 0 unspecified atom stereocenters. The van der Waals surface area contributed by atoms with Crippen LogP contribution >= 0.6 is 0 Å². The standard InChI is InChI=1S/C20H31N3O3/c1-20(2,3)18-13-15(21-26-18)12-17(24)16-8-4-5-11-23(16)19(25)14-22-9-6-7-10-22/h13,16H,4-12,14H2,1-3H3/t16-/m0/s1. The molecule has 0 aromatic carbocycles. The van der Waals surface area contributed by atoms with Crippen LogP contribution in [-0.4, -0.2) is 58.9 Å². The highest BCUT2D eigenvalue weighted by Crippen LogP contribution is 2.24. The molecule has 0 N–H and O–H groups in total. The summed E-state index contributed by atoms with van der Waals surface area (Å²) in [6.07, 6.45) is 5.30. The predicted octanol–water partition coefficient (Wildman–Crippen LogP) is 2.56. The second-order valence-electron chi connectivity index (χ2n) is 8.66. The molecule has 3 rings (SSSR count). The van der Waals surface area contributed by atoms with E-state index in [0.717, 1.165) is 51.0 Å². The van der Waals surface area contributed by atoms with Gasteiger partial charge in [-0.3, -0.25) is 14.5 Å². The van der Waals surface area contributed by atoms with E-state index in [1.807, 2.05) is 11.0 Å². The highest BCUT2D eigenvalue weighted by Gasteiger charge is 2.33. The lowest BCUT2D eigenvalue weighted by molar-refractivity contribution is -0.141. The van der Waals surface area contributed by atoms with Crippen molar-refractivity contribution in [3.05, 3.63) is 17.5 Å². The van der Waals surface area contributed by atoms with Gasteiger partial charge < -0.3 is 9.42 Å². The fourth-order valence-electron chi connectivity index (χ4n) is 3.83. The zero-order chi connectivity index (χ0) is 18.7. The lowest BCUT2D eigenvalue weighted by Crippen LogP contribution is -2.51. The minimum absolute atomic E-state index is 0.0771. The molecule has 6 heteroatoms. The zero-order valence-electron chi connectivity index (χ0n) is 16.3. The molecule has 1 atom stereocenters. The van der Waals surface area contributed by atoms with E-state index in [9.17, 15) is 9.59 Å². The highest BCUT2D eigenvalue weighted by atomic mass is 16.5. The van der Waals surface area contributed by atoms with Gasteiger partial charge in [-0.25, -0.2) is 0 Å². The van der Waals surface area contributed by atoms with E-state index < -0.39 is 0 Å². The Kier molecular flexibility index (Phi) is 5.80. The Hall–Kier alpha value is -1.69. The molecule has 1 aromatic heterocycles. The lowest BCUT2D eigenvalue weighted by atomic mass is 9.92. The predicted molar refractivity (Wildman–Crippen MR) is 98.9 cm³/mol. The highest BCUT2D eigenvalue weighted by molar-refractivity contribution is 5.91. The van der Waals surface area contributed by atoms with E-state index >= 15 is 0 Å². The summed E-state index contributed by atoms with van der Waals surface area (Å²) >= 11 is 0. The maximum absolute atomic E-state index is 12.9. The number of ketones is 1. The van der Waals surface area contributed by atoms with Crippen LogP contribution in [-0.2, 0) is 21.4 Å². The van der Waals surface area contributed by atoms with Crippen molar-refractivity contribution in [2.45, 2.75) is 70.8 Å². The minimum atomic E-state index is -0.311.